The van der Waals surface area contributed by atoms with Crippen LogP contribution >= 0.6 is 11.3 Å². The molecule has 3 nitrogen and oxygen atoms in total. The summed E-state index contributed by atoms with van der Waals surface area (Å²) in [5.41, 5.74) is 8.59. The molecule has 2 rings (SSSR count). The van der Waals surface area contributed by atoms with E-state index in [1.54, 1.807) is 18.4 Å². The zero-order chi connectivity index (χ0) is 19.9. The van der Waals surface area contributed by atoms with Gasteiger partial charge in [-0.1, -0.05) is 32.3 Å². The summed E-state index contributed by atoms with van der Waals surface area (Å²) in [4.78, 5) is 1.20. The zero-order valence-corrected chi connectivity index (χ0v) is 16.6. The molecule has 1 aromatic heterocycles. The summed E-state index contributed by atoms with van der Waals surface area (Å²) in [5.74, 6) is 0. The zero-order valence-electron chi connectivity index (χ0n) is 15.8. The highest BCUT2D eigenvalue weighted by Crippen LogP contribution is 2.31. The van der Waals surface area contributed by atoms with Crippen LogP contribution in [-0.4, -0.2) is 25.8 Å². The van der Waals surface area contributed by atoms with Gasteiger partial charge in [-0.3, -0.25) is 0 Å². The highest BCUT2D eigenvalue weighted by molar-refractivity contribution is 7.11. The number of dihydropyridines is 1. The molecule has 0 spiro atoms. The van der Waals surface area contributed by atoms with Crippen LogP contribution in [0.2, 0.25) is 0 Å². The molecular formula is C20H28F3N3S. The van der Waals surface area contributed by atoms with E-state index in [1.165, 1.54) is 29.7 Å². The van der Waals surface area contributed by atoms with E-state index in [4.69, 9.17) is 5.73 Å². The molecule has 7 heteroatoms. The Hall–Kier alpha value is -1.73. The van der Waals surface area contributed by atoms with Gasteiger partial charge < -0.3 is 16.4 Å². The summed E-state index contributed by atoms with van der Waals surface area (Å²) in [6.45, 7) is 2.76. The van der Waals surface area contributed by atoms with Crippen molar-refractivity contribution in [2.24, 2.45) is 5.73 Å². The van der Waals surface area contributed by atoms with Crippen molar-refractivity contribution in [1.29, 1.82) is 0 Å². The van der Waals surface area contributed by atoms with Gasteiger partial charge >= 0.3 is 6.18 Å². The van der Waals surface area contributed by atoms with Crippen LogP contribution < -0.4 is 16.4 Å². The molecule has 0 saturated heterocycles. The third kappa shape index (κ3) is 6.14. The van der Waals surface area contributed by atoms with Gasteiger partial charge in [0.05, 0.1) is 11.4 Å². The number of unbranched alkanes of at least 4 members (excludes halogenated alkanes) is 3. The molecule has 1 aliphatic rings. The first-order valence-corrected chi connectivity index (χ1v) is 10.2. The van der Waals surface area contributed by atoms with E-state index in [0.29, 0.717) is 17.9 Å². The van der Waals surface area contributed by atoms with Crippen LogP contribution in [0.25, 0.3) is 5.57 Å². The minimum Gasteiger partial charge on any atom is -0.387 e. The fraction of sp³-hybridized carbons (Fsp3) is 0.500. The van der Waals surface area contributed by atoms with Crippen LogP contribution in [0.3, 0.4) is 0 Å². The minimum absolute atomic E-state index is 0.353. The molecule has 0 fully saturated rings. The third-order valence-electron chi connectivity index (χ3n) is 4.51. The Morgan fingerprint density at radius 3 is 2.81 bits per heavy atom. The Morgan fingerprint density at radius 2 is 2.15 bits per heavy atom. The van der Waals surface area contributed by atoms with Crippen molar-refractivity contribution in [3.05, 3.63) is 51.5 Å². The Bertz CT molecular complexity index is 702. The molecule has 1 aliphatic heterocycles. The molecular weight excluding hydrogens is 371 g/mol. The second kappa shape index (κ2) is 9.99. The summed E-state index contributed by atoms with van der Waals surface area (Å²) in [5, 5.41) is 8.04. The summed E-state index contributed by atoms with van der Waals surface area (Å²) >= 11 is 1.67. The highest BCUT2D eigenvalue weighted by Gasteiger charge is 2.35. The van der Waals surface area contributed by atoms with Crippen LogP contribution in [-0.2, 0) is 6.42 Å². The van der Waals surface area contributed by atoms with Crippen molar-refractivity contribution in [2.75, 3.05) is 13.6 Å². The number of hydrogen-bond donors (Lipinski definition) is 3. The number of allylic oxidation sites excluding steroid dienone is 2. The van der Waals surface area contributed by atoms with Gasteiger partial charge in [-0.2, -0.15) is 13.2 Å². The molecule has 2 heterocycles. The predicted octanol–water partition coefficient (Wildman–Crippen LogP) is 4.73. The van der Waals surface area contributed by atoms with Crippen LogP contribution in [0.4, 0.5) is 13.2 Å². The summed E-state index contributed by atoms with van der Waals surface area (Å²) in [6.07, 6.45) is 6.37. The number of hydrogen-bond acceptors (Lipinski definition) is 4. The Labute approximate surface area is 163 Å². The SMILES string of the molecule is CCCCCCc1ccsc1C1=CCNC(/C(=C/C(N)C(F)(F)F)NC)=C1. The van der Waals surface area contributed by atoms with E-state index in [1.807, 2.05) is 6.08 Å². The summed E-state index contributed by atoms with van der Waals surface area (Å²) in [6, 6.07) is 0.143. The van der Waals surface area contributed by atoms with Gasteiger partial charge in [0.2, 0.25) is 0 Å². The van der Waals surface area contributed by atoms with Gasteiger partial charge in [-0.25, -0.2) is 0 Å². The first-order valence-electron chi connectivity index (χ1n) is 9.31. The van der Waals surface area contributed by atoms with Crippen LogP contribution in [0, 0.1) is 0 Å². The van der Waals surface area contributed by atoms with Gasteiger partial charge in [-0.15, -0.1) is 11.3 Å². The lowest BCUT2D eigenvalue weighted by atomic mass is 10.0. The standard InChI is InChI=1S/C20H28F3N3S/c1-3-4-5-6-7-14-9-11-27-19(14)15-8-10-26-17(12-15)16(25-2)13-18(24)20(21,22)23/h8-9,11-13,18,25-26H,3-7,10,24H2,1-2H3/b16-13-. The first kappa shape index (κ1) is 21.6. The van der Waals surface area contributed by atoms with Gasteiger partial charge in [0.1, 0.15) is 6.04 Å². The molecule has 4 N–H and O–H groups in total. The Kier molecular flexibility index (Phi) is 7.98. The fourth-order valence-corrected chi connectivity index (χ4v) is 3.95. The highest BCUT2D eigenvalue weighted by atomic mass is 32.1. The van der Waals surface area contributed by atoms with E-state index in [-0.39, 0.29) is 0 Å². The number of rotatable bonds is 9. The van der Waals surface area contributed by atoms with Crippen molar-refractivity contribution in [3.8, 4) is 0 Å². The Morgan fingerprint density at radius 1 is 1.37 bits per heavy atom. The molecule has 1 atom stereocenters. The Balaban J connectivity index is 2.19. The smallest absolute Gasteiger partial charge is 0.387 e. The lowest BCUT2D eigenvalue weighted by Gasteiger charge is -2.21. The maximum atomic E-state index is 12.8. The van der Waals surface area contributed by atoms with E-state index >= 15 is 0 Å². The topological polar surface area (TPSA) is 50.1 Å². The normalized spacial score (nSPS) is 16.4. The summed E-state index contributed by atoms with van der Waals surface area (Å²) in [7, 11) is 1.60. The van der Waals surface area contributed by atoms with Crippen molar-refractivity contribution in [2.45, 2.75) is 51.2 Å². The molecule has 0 aromatic carbocycles. The van der Waals surface area contributed by atoms with E-state index in [0.717, 1.165) is 24.5 Å². The number of thiophene rings is 1. The fourth-order valence-electron chi connectivity index (χ4n) is 2.98. The lowest BCUT2D eigenvalue weighted by Crippen LogP contribution is -2.37. The third-order valence-corrected chi connectivity index (χ3v) is 5.51. The van der Waals surface area contributed by atoms with Gasteiger partial charge in [0, 0.05) is 18.5 Å². The van der Waals surface area contributed by atoms with Crippen LogP contribution in [0.1, 0.15) is 43.0 Å². The number of nitrogens with one attached hydrogen (secondary N) is 2. The molecule has 1 aromatic rings. The second-order valence-corrected chi connectivity index (χ2v) is 7.50. The number of aryl methyl sites for hydroxylation is 1. The predicted molar refractivity (Wildman–Crippen MR) is 107 cm³/mol. The number of alkyl halides is 3. The number of halogens is 3. The molecule has 1 unspecified atom stereocenters. The van der Waals surface area contributed by atoms with Crippen LogP contribution in [0.5, 0.6) is 0 Å². The molecule has 0 amide bonds. The molecule has 150 valence electrons. The lowest BCUT2D eigenvalue weighted by molar-refractivity contribution is -0.137. The average Bonchev–Trinajstić information content (AvgIpc) is 3.11. The van der Waals surface area contributed by atoms with Gasteiger partial charge in [0.15, 0.2) is 0 Å². The maximum Gasteiger partial charge on any atom is 0.407 e. The van der Waals surface area contributed by atoms with E-state index in [2.05, 4.69) is 35.1 Å². The largest absolute Gasteiger partial charge is 0.407 e. The van der Waals surface area contributed by atoms with Crippen LogP contribution in [0.15, 0.2) is 41.1 Å². The quantitative estimate of drug-likeness (QED) is 0.526. The molecule has 0 saturated carbocycles. The molecule has 0 bridgehead atoms. The number of nitrogens with two attached hydrogens (primary N) is 1. The minimum atomic E-state index is -4.46. The van der Waals surface area contributed by atoms with Gasteiger partial charge in [-0.05, 0) is 47.6 Å². The van der Waals surface area contributed by atoms with Crippen molar-refractivity contribution >= 4 is 16.9 Å². The van der Waals surface area contributed by atoms with Crippen molar-refractivity contribution < 1.29 is 13.2 Å². The van der Waals surface area contributed by atoms with E-state index in [9.17, 15) is 13.2 Å². The van der Waals surface area contributed by atoms with Gasteiger partial charge in [0.25, 0.3) is 0 Å². The molecule has 0 radical (unpaired) electrons. The second-order valence-electron chi connectivity index (χ2n) is 6.58. The maximum absolute atomic E-state index is 12.8. The average molecular weight is 400 g/mol. The number of likely N-dealkylation sites (N-methyl/N-ethyl adjacent to an activating group) is 1. The summed E-state index contributed by atoms with van der Waals surface area (Å²) < 4.78 is 38.4. The van der Waals surface area contributed by atoms with Crippen molar-refractivity contribution in [3.63, 3.8) is 0 Å². The monoisotopic (exact) mass is 399 g/mol. The van der Waals surface area contributed by atoms with Crippen molar-refractivity contribution in [1.82, 2.24) is 10.6 Å². The molecule has 27 heavy (non-hydrogen) atoms. The van der Waals surface area contributed by atoms with E-state index < -0.39 is 12.2 Å². The first-order chi connectivity index (χ1) is 12.9. The molecule has 0 aliphatic carbocycles.